The summed E-state index contributed by atoms with van der Waals surface area (Å²) >= 11 is 0. The predicted molar refractivity (Wildman–Crippen MR) is 113 cm³/mol. The van der Waals surface area contributed by atoms with Crippen molar-refractivity contribution in [2.24, 2.45) is 5.14 Å². The van der Waals surface area contributed by atoms with Gasteiger partial charge in [-0.15, -0.1) is 0 Å². The molecule has 1 fully saturated rings. The number of piperazine rings is 1. The molecule has 2 aromatic rings. The molecule has 0 spiro atoms. The molecular weight excluding hydrogens is 392 g/mol. The molecule has 1 atom stereocenters. The molecule has 0 aromatic heterocycles. The fraction of sp³-hybridized carbons (Fsp3) is 0.350. The van der Waals surface area contributed by atoms with Gasteiger partial charge in [-0.25, -0.2) is 13.6 Å². The number of rotatable bonds is 6. The van der Waals surface area contributed by atoms with Gasteiger partial charge in [0.2, 0.25) is 15.9 Å². The summed E-state index contributed by atoms with van der Waals surface area (Å²) in [6.45, 7) is 4.95. The van der Waals surface area contributed by atoms with Gasteiger partial charge < -0.3 is 15.0 Å². The standard InChI is InChI=1S/C20H26N4O4S/c1-15(20(25)22-16-7-9-17(10-8-16)29(21,26)27)23-11-13-24(14-12-23)18-5-3-4-6-19(18)28-2/h3-10,15H,11-14H2,1-2H3,(H,22,25)(H2,21,26,27)/t15-/m1/s1. The summed E-state index contributed by atoms with van der Waals surface area (Å²) in [5.74, 6) is 0.703. The van der Waals surface area contributed by atoms with E-state index in [0.29, 0.717) is 5.69 Å². The summed E-state index contributed by atoms with van der Waals surface area (Å²) in [6, 6.07) is 13.4. The lowest BCUT2D eigenvalue weighted by Crippen LogP contribution is -2.52. The number of nitrogens with zero attached hydrogens (tertiary/aromatic N) is 2. The molecule has 0 bridgehead atoms. The summed E-state index contributed by atoms with van der Waals surface area (Å²) in [5, 5.41) is 7.92. The quantitative estimate of drug-likeness (QED) is 0.737. The first-order valence-corrected chi connectivity index (χ1v) is 10.9. The number of anilines is 2. The third-order valence-electron chi connectivity index (χ3n) is 5.12. The van der Waals surface area contributed by atoms with E-state index in [1.165, 1.54) is 24.3 Å². The molecule has 0 radical (unpaired) electrons. The number of para-hydroxylation sites is 2. The number of methoxy groups -OCH3 is 1. The Morgan fingerprint density at radius 3 is 2.28 bits per heavy atom. The minimum absolute atomic E-state index is 0.0102. The second-order valence-corrected chi connectivity index (χ2v) is 8.49. The zero-order valence-electron chi connectivity index (χ0n) is 16.5. The van der Waals surface area contributed by atoms with Crippen LogP contribution in [0.2, 0.25) is 0 Å². The van der Waals surface area contributed by atoms with E-state index >= 15 is 0 Å². The van der Waals surface area contributed by atoms with Gasteiger partial charge in [0.1, 0.15) is 5.75 Å². The highest BCUT2D eigenvalue weighted by Crippen LogP contribution is 2.28. The van der Waals surface area contributed by atoms with Gasteiger partial charge in [0, 0.05) is 31.9 Å². The predicted octanol–water partition coefficient (Wildman–Crippen LogP) is 1.49. The van der Waals surface area contributed by atoms with Gasteiger partial charge in [0.15, 0.2) is 0 Å². The van der Waals surface area contributed by atoms with E-state index in [1.807, 2.05) is 31.2 Å². The largest absolute Gasteiger partial charge is 0.495 e. The second kappa shape index (κ2) is 8.81. The number of carbonyl (C=O) groups excluding carboxylic acids is 1. The Balaban J connectivity index is 1.57. The number of primary sulfonamides is 1. The van der Waals surface area contributed by atoms with Crippen LogP contribution < -0.4 is 20.1 Å². The van der Waals surface area contributed by atoms with Gasteiger partial charge >= 0.3 is 0 Å². The molecular formula is C20H26N4O4S. The lowest BCUT2D eigenvalue weighted by Gasteiger charge is -2.38. The van der Waals surface area contributed by atoms with E-state index in [-0.39, 0.29) is 16.8 Å². The van der Waals surface area contributed by atoms with Crippen molar-refractivity contribution in [3.05, 3.63) is 48.5 Å². The van der Waals surface area contributed by atoms with Crippen LogP contribution in [0, 0.1) is 0 Å². The lowest BCUT2D eigenvalue weighted by molar-refractivity contribution is -0.120. The Bertz CT molecular complexity index is 955. The number of ether oxygens (including phenoxy) is 1. The third-order valence-corrected chi connectivity index (χ3v) is 6.05. The van der Waals surface area contributed by atoms with Crippen LogP contribution in [0.4, 0.5) is 11.4 Å². The number of hydrogen-bond acceptors (Lipinski definition) is 6. The molecule has 9 heteroatoms. The molecule has 1 amide bonds. The van der Waals surface area contributed by atoms with Crippen molar-refractivity contribution in [3.63, 3.8) is 0 Å². The van der Waals surface area contributed by atoms with E-state index in [1.54, 1.807) is 7.11 Å². The van der Waals surface area contributed by atoms with E-state index < -0.39 is 10.0 Å². The van der Waals surface area contributed by atoms with Crippen molar-refractivity contribution >= 4 is 27.3 Å². The Morgan fingerprint density at radius 1 is 1.07 bits per heavy atom. The van der Waals surface area contributed by atoms with Gasteiger partial charge in [-0.3, -0.25) is 9.69 Å². The molecule has 29 heavy (non-hydrogen) atoms. The number of nitrogens with two attached hydrogens (primary N) is 1. The first-order chi connectivity index (χ1) is 13.8. The first-order valence-electron chi connectivity index (χ1n) is 9.35. The highest BCUT2D eigenvalue weighted by atomic mass is 32.2. The van der Waals surface area contributed by atoms with Crippen LogP contribution in [0.3, 0.4) is 0 Å². The Labute approximate surface area is 171 Å². The number of carbonyl (C=O) groups is 1. The smallest absolute Gasteiger partial charge is 0.241 e. The fourth-order valence-corrected chi connectivity index (χ4v) is 3.90. The monoisotopic (exact) mass is 418 g/mol. The van der Waals surface area contributed by atoms with E-state index in [0.717, 1.165) is 37.6 Å². The maximum atomic E-state index is 12.6. The number of nitrogens with one attached hydrogen (secondary N) is 1. The Kier molecular flexibility index (Phi) is 6.41. The molecule has 8 nitrogen and oxygen atoms in total. The van der Waals surface area contributed by atoms with Gasteiger partial charge in [-0.2, -0.15) is 0 Å². The highest BCUT2D eigenvalue weighted by Gasteiger charge is 2.26. The van der Waals surface area contributed by atoms with E-state index in [4.69, 9.17) is 9.88 Å². The van der Waals surface area contributed by atoms with Crippen LogP contribution in [0.5, 0.6) is 5.75 Å². The normalized spacial score (nSPS) is 16.3. The summed E-state index contributed by atoms with van der Waals surface area (Å²) < 4.78 is 28.1. The SMILES string of the molecule is COc1ccccc1N1CCN([C@H](C)C(=O)Nc2ccc(S(N)(=O)=O)cc2)CC1. The second-order valence-electron chi connectivity index (χ2n) is 6.93. The number of benzene rings is 2. The topological polar surface area (TPSA) is 105 Å². The molecule has 1 aliphatic rings. The van der Waals surface area contributed by atoms with Crippen LogP contribution in [0.25, 0.3) is 0 Å². The van der Waals surface area contributed by atoms with Gasteiger partial charge in [-0.1, -0.05) is 12.1 Å². The maximum absolute atomic E-state index is 12.6. The first kappa shape index (κ1) is 21.1. The summed E-state index contributed by atoms with van der Waals surface area (Å²) in [5.41, 5.74) is 1.59. The average Bonchev–Trinajstić information content (AvgIpc) is 2.73. The van der Waals surface area contributed by atoms with Crippen LogP contribution >= 0.6 is 0 Å². The zero-order valence-corrected chi connectivity index (χ0v) is 17.4. The third kappa shape index (κ3) is 5.06. The molecule has 1 aliphatic heterocycles. The van der Waals surface area contributed by atoms with E-state index in [2.05, 4.69) is 15.1 Å². The van der Waals surface area contributed by atoms with Gasteiger partial charge in [0.05, 0.1) is 23.7 Å². The molecule has 156 valence electrons. The van der Waals surface area contributed by atoms with Crippen molar-refractivity contribution < 1.29 is 17.9 Å². The lowest BCUT2D eigenvalue weighted by atomic mass is 10.2. The number of sulfonamides is 1. The molecule has 0 saturated carbocycles. The molecule has 3 N–H and O–H groups in total. The summed E-state index contributed by atoms with van der Waals surface area (Å²) in [6.07, 6.45) is 0. The molecule has 3 rings (SSSR count). The van der Waals surface area contributed by atoms with Crippen molar-refractivity contribution in [3.8, 4) is 5.75 Å². The summed E-state index contributed by atoms with van der Waals surface area (Å²) in [7, 11) is -2.09. The van der Waals surface area contributed by atoms with Gasteiger partial charge in [0.25, 0.3) is 0 Å². The fourth-order valence-electron chi connectivity index (χ4n) is 3.38. The number of amides is 1. The molecule has 0 unspecified atom stereocenters. The average molecular weight is 419 g/mol. The van der Waals surface area contributed by atoms with Crippen molar-refractivity contribution in [1.29, 1.82) is 0 Å². The van der Waals surface area contributed by atoms with Crippen LogP contribution in [-0.2, 0) is 14.8 Å². The van der Waals surface area contributed by atoms with Crippen LogP contribution in [0.15, 0.2) is 53.4 Å². The highest BCUT2D eigenvalue weighted by molar-refractivity contribution is 7.89. The minimum Gasteiger partial charge on any atom is -0.495 e. The van der Waals surface area contributed by atoms with Crippen molar-refractivity contribution in [2.75, 3.05) is 43.5 Å². The molecule has 0 aliphatic carbocycles. The minimum atomic E-state index is -3.75. The Morgan fingerprint density at radius 2 is 1.69 bits per heavy atom. The van der Waals surface area contributed by atoms with E-state index in [9.17, 15) is 13.2 Å². The Hall–Kier alpha value is -2.62. The van der Waals surface area contributed by atoms with Crippen molar-refractivity contribution in [2.45, 2.75) is 17.9 Å². The molecule has 2 aromatic carbocycles. The number of hydrogen-bond donors (Lipinski definition) is 2. The van der Waals surface area contributed by atoms with Crippen LogP contribution in [0.1, 0.15) is 6.92 Å². The van der Waals surface area contributed by atoms with Crippen LogP contribution in [-0.4, -0.2) is 58.6 Å². The molecule has 1 saturated heterocycles. The zero-order chi connectivity index (χ0) is 21.0. The molecule has 1 heterocycles. The van der Waals surface area contributed by atoms with Crippen molar-refractivity contribution in [1.82, 2.24) is 4.90 Å². The maximum Gasteiger partial charge on any atom is 0.241 e. The van der Waals surface area contributed by atoms with Gasteiger partial charge in [-0.05, 0) is 43.3 Å². The summed E-state index contributed by atoms with van der Waals surface area (Å²) in [4.78, 5) is 17.0.